The van der Waals surface area contributed by atoms with Crippen molar-refractivity contribution >= 4 is 44.0 Å². The number of benzene rings is 4. The lowest BCUT2D eigenvalue weighted by Gasteiger charge is -2.63. The number of pyridine rings is 1. The number of ether oxygens (including phenoxy) is 2. The highest BCUT2D eigenvalue weighted by atomic mass is 32.2. The number of hydrogen-bond acceptors (Lipinski definition) is 13. The standard InChI is InChI=1S/C55H63FN8O8S/c1-35(2)43-7-5-6-8-44(43)50-32-61(31-37-9-12-40(71-4)13-10-37)21-22-63(50)39-26-55(27-39)33-62(34-55)38-11-15-45(51(23-38)72-41-24-46-47(56)30-59-52(46)58-29-41)53(65)60-73(69,70)42-14-16-48(49(25-42)64(67)68)57-28-36-17-19-54(3,66)20-18-36/h5-16,23-25,29-30,35-36,39,50,57,66H,17-22,26-28,31-34H2,1-4H3,(H,58,59)(H,60,65)/t36-,50-,54-/m0/s1. The van der Waals surface area contributed by atoms with Gasteiger partial charge in [-0.3, -0.25) is 24.7 Å². The average molecular weight is 1020 g/mol. The minimum Gasteiger partial charge on any atom is -0.497 e. The van der Waals surface area contributed by atoms with Gasteiger partial charge in [0.25, 0.3) is 21.6 Å². The third-order valence-electron chi connectivity index (χ3n) is 15.6. The van der Waals surface area contributed by atoms with Crippen molar-refractivity contribution in [3.63, 3.8) is 0 Å². The Bertz CT molecular complexity index is 3120. The lowest BCUT2D eigenvalue weighted by atomic mass is 9.59. The molecule has 1 amide bonds. The van der Waals surface area contributed by atoms with E-state index in [1.165, 1.54) is 53.3 Å². The summed E-state index contributed by atoms with van der Waals surface area (Å²) in [6.45, 7) is 12.0. The Hall–Kier alpha value is -6.60. The van der Waals surface area contributed by atoms with Gasteiger partial charge in [-0.25, -0.2) is 22.5 Å². The summed E-state index contributed by atoms with van der Waals surface area (Å²) in [5.74, 6) is -0.0167. The Labute approximate surface area is 425 Å². The van der Waals surface area contributed by atoms with Gasteiger partial charge in [0.2, 0.25) is 0 Å². The number of nitro groups is 1. The summed E-state index contributed by atoms with van der Waals surface area (Å²) in [4.78, 5) is 39.7. The molecule has 384 valence electrons. The van der Waals surface area contributed by atoms with Gasteiger partial charge in [0.1, 0.15) is 34.4 Å². The van der Waals surface area contributed by atoms with Gasteiger partial charge in [0, 0.05) is 87.3 Å². The van der Waals surface area contributed by atoms with Crippen molar-refractivity contribution in [2.24, 2.45) is 11.3 Å². The quantitative estimate of drug-likeness (QED) is 0.0529. The number of nitrogens with zero attached hydrogens (tertiary/aromatic N) is 5. The second-order valence-electron chi connectivity index (χ2n) is 21.2. The number of aromatic amines is 1. The van der Waals surface area contributed by atoms with Crippen LogP contribution in [0.25, 0.3) is 11.0 Å². The molecule has 1 spiro atoms. The number of anilines is 2. The maximum absolute atomic E-state index is 14.7. The van der Waals surface area contributed by atoms with Crippen molar-refractivity contribution in [3.8, 4) is 17.2 Å². The third kappa shape index (κ3) is 10.6. The number of carbonyl (C=O) groups is 1. The lowest BCUT2D eigenvalue weighted by molar-refractivity contribution is -0.384. The number of sulfonamides is 1. The molecule has 0 unspecified atom stereocenters. The molecule has 4 heterocycles. The number of piperazine rings is 1. The molecular weight excluding hydrogens is 952 g/mol. The van der Waals surface area contributed by atoms with Crippen LogP contribution in [0.2, 0.25) is 0 Å². The van der Waals surface area contributed by atoms with Crippen LogP contribution < -0.4 is 24.4 Å². The monoisotopic (exact) mass is 1010 g/mol. The minimum atomic E-state index is -4.64. The van der Waals surface area contributed by atoms with E-state index in [4.69, 9.17) is 9.47 Å². The van der Waals surface area contributed by atoms with E-state index in [1.807, 2.05) is 12.1 Å². The number of nitrogens with one attached hydrogen (secondary N) is 3. The number of carbonyl (C=O) groups excluding carboxylic acids is 1. The number of aromatic nitrogens is 2. The van der Waals surface area contributed by atoms with Crippen LogP contribution in [0.4, 0.5) is 21.5 Å². The van der Waals surface area contributed by atoms with Crippen LogP contribution in [-0.4, -0.2) is 102 Å². The summed E-state index contributed by atoms with van der Waals surface area (Å²) in [5.41, 5.74) is 4.02. The van der Waals surface area contributed by atoms with Crippen LogP contribution >= 0.6 is 0 Å². The fourth-order valence-corrected chi connectivity index (χ4v) is 12.5. The molecule has 2 aliphatic heterocycles. The van der Waals surface area contributed by atoms with Gasteiger partial charge in [-0.15, -0.1) is 0 Å². The van der Waals surface area contributed by atoms with Crippen LogP contribution in [0.15, 0.2) is 108 Å². The van der Waals surface area contributed by atoms with E-state index in [0.717, 1.165) is 82.5 Å². The summed E-state index contributed by atoms with van der Waals surface area (Å²) in [5, 5.41) is 25.8. The Kier molecular flexibility index (Phi) is 13.7. The molecule has 4 fully saturated rings. The van der Waals surface area contributed by atoms with Crippen LogP contribution in [0, 0.1) is 27.3 Å². The predicted octanol–water partition coefficient (Wildman–Crippen LogP) is 9.53. The van der Waals surface area contributed by atoms with Gasteiger partial charge in [-0.2, -0.15) is 0 Å². The smallest absolute Gasteiger partial charge is 0.293 e. The number of fused-ring (bicyclic) bond motifs is 1. The van der Waals surface area contributed by atoms with E-state index in [1.54, 1.807) is 26.2 Å². The van der Waals surface area contributed by atoms with Gasteiger partial charge in [0.05, 0.1) is 39.7 Å². The van der Waals surface area contributed by atoms with Crippen LogP contribution in [-0.2, 0) is 16.6 Å². The SMILES string of the molecule is COc1ccc(CN2CCN(C3CC4(C3)CN(c3ccc(C(=O)NS(=O)(=O)c5ccc(NC[C@H]6CC[C@](C)(O)CC6)c([N+](=O)[O-])c5)c(Oc5cnc6[nH]cc(F)c6c5)c3)C4)[C@H](c3ccccc3C(C)C)C2)cc1. The lowest BCUT2D eigenvalue weighted by Crippen LogP contribution is -2.68. The van der Waals surface area contributed by atoms with Crippen molar-refractivity contribution in [1.82, 2.24) is 24.5 Å². The molecule has 18 heteroatoms. The van der Waals surface area contributed by atoms with Crippen molar-refractivity contribution in [1.29, 1.82) is 0 Å². The normalized spacial score (nSPS) is 21.4. The summed E-state index contributed by atoms with van der Waals surface area (Å²) in [7, 11) is -2.96. The topological polar surface area (TPSA) is 195 Å². The van der Waals surface area contributed by atoms with Gasteiger partial charge < -0.3 is 29.8 Å². The van der Waals surface area contributed by atoms with Crippen LogP contribution in [0.1, 0.15) is 98.3 Å². The van der Waals surface area contributed by atoms with Crippen LogP contribution in [0.5, 0.6) is 17.2 Å². The zero-order valence-electron chi connectivity index (χ0n) is 41.6. The first kappa shape index (κ1) is 50.0. The minimum absolute atomic E-state index is 0.0173. The van der Waals surface area contributed by atoms with E-state index >= 15 is 0 Å². The van der Waals surface area contributed by atoms with E-state index < -0.39 is 42.9 Å². The molecule has 4 aliphatic rings. The van der Waals surface area contributed by atoms with Crippen molar-refractivity contribution < 1.29 is 37.1 Å². The number of halogens is 1. The molecule has 4 N–H and O–H groups in total. The van der Waals surface area contributed by atoms with Gasteiger partial charge in [-0.05, 0) is 116 Å². The summed E-state index contributed by atoms with van der Waals surface area (Å²) in [6.07, 6.45) is 7.37. The third-order valence-corrected chi connectivity index (χ3v) is 17.0. The summed E-state index contributed by atoms with van der Waals surface area (Å²) in [6, 6.07) is 27.7. The average Bonchev–Trinajstić information content (AvgIpc) is 3.72. The molecule has 16 nitrogen and oxygen atoms in total. The van der Waals surface area contributed by atoms with E-state index in [9.17, 15) is 32.8 Å². The first-order valence-electron chi connectivity index (χ1n) is 25.2. The second kappa shape index (κ2) is 20.0. The van der Waals surface area contributed by atoms with E-state index in [0.29, 0.717) is 37.0 Å². The molecule has 2 saturated carbocycles. The fourth-order valence-electron chi connectivity index (χ4n) is 11.5. The molecule has 2 aliphatic carbocycles. The summed E-state index contributed by atoms with van der Waals surface area (Å²) >= 11 is 0. The zero-order valence-corrected chi connectivity index (χ0v) is 42.5. The molecule has 10 rings (SSSR count). The summed E-state index contributed by atoms with van der Waals surface area (Å²) < 4.78 is 56.1. The molecular formula is C55H63FN8O8S. The highest BCUT2D eigenvalue weighted by Crippen LogP contribution is 2.54. The molecule has 73 heavy (non-hydrogen) atoms. The molecule has 1 atom stereocenters. The number of hydrogen-bond donors (Lipinski definition) is 4. The Morgan fingerprint density at radius 2 is 1.75 bits per heavy atom. The highest BCUT2D eigenvalue weighted by Gasteiger charge is 2.55. The number of methoxy groups -OCH3 is 1. The Morgan fingerprint density at radius 3 is 2.48 bits per heavy atom. The van der Waals surface area contributed by atoms with Gasteiger partial charge >= 0.3 is 0 Å². The number of rotatable bonds is 16. The number of amides is 1. The Morgan fingerprint density at radius 1 is 1.00 bits per heavy atom. The highest BCUT2D eigenvalue weighted by molar-refractivity contribution is 7.90. The van der Waals surface area contributed by atoms with Gasteiger partial charge in [0.15, 0.2) is 0 Å². The number of aliphatic hydroxyl groups is 1. The maximum atomic E-state index is 14.7. The van der Waals surface area contributed by atoms with E-state index in [-0.39, 0.29) is 45.5 Å². The molecule has 2 aromatic heterocycles. The second-order valence-corrected chi connectivity index (χ2v) is 22.9. The Balaban J connectivity index is 0.847. The zero-order chi connectivity index (χ0) is 51.2. The van der Waals surface area contributed by atoms with Crippen molar-refractivity contribution in [2.75, 3.05) is 56.6 Å². The molecule has 0 bridgehead atoms. The van der Waals surface area contributed by atoms with Gasteiger partial charge in [-0.1, -0.05) is 50.2 Å². The van der Waals surface area contributed by atoms with Crippen molar-refractivity contribution in [3.05, 3.63) is 142 Å². The maximum Gasteiger partial charge on any atom is 0.293 e. The number of nitro benzene ring substituents is 1. The van der Waals surface area contributed by atoms with E-state index in [2.05, 4.69) is 85.0 Å². The fraction of sp³-hybridized carbons (Fsp3) is 0.418. The molecule has 4 aromatic carbocycles. The van der Waals surface area contributed by atoms with Crippen molar-refractivity contribution in [2.45, 2.75) is 94.3 Å². The first-order chi connectivity index (χ1) is 34.9. The largest absolute Gasteiger partial charge is 0.497 e. The predicted molar refractivity (Wildman–Crippen MR) is 277 cm³/mol. The van der Waals surface area contributed by atoms with Crippen LogP contribution in [0.3, 0.4) is 0 Å². The molecule has 0 radical (unpaired) electrons. The molecule has 6 aromatic rings. The first-order valence-corrected chi connectivity index (χ1v) is 26.6. The number of H-pyrrole nitrogens is 1. The molecule has 2 saturated heterocycles.